The van der Waals surface area contributed by atoms with E-state index in [0.29, 0.717) is 32.0 Å². The van der Waals surface area contributed by atoms with Gasteiger partial charge in [-0.25, -0.2) is 4.79 Å². The highest BCUT2D eigenvalue weighted by Gasteiger charge is 2.25. The number of benzene rings is 2. The number of rotatable bonds is 16. The van der Waals surface area contributed by atoms with Crippen molar-refractivity contribution in [3.8, 4) is 0 Å². The standard InChI is InChI=1S/C31H46N4O4/c1-6-13-35(14-7-2)30(37)25-17-24(29(33)36)18-26(19-25)31(38)39-28(20-34-12-11-21(3)4)27(32)16-23-10-8-9-22(5)15-23/h8-10,15,17-19,21,27-28,34H,6-7,11-14,16,20,32H2,1-5H3,(H2,33,36)/t27-,28+/m0/s1. The number of amides is 2. The van der Waals surface area contributed by atoms with Crippen molar-refractivity contribution < 1.29 is 19.1 Å². The molecular weight excluding hydrogens is 492 g/mol. The fourth-order valence-corrected chi connectivity index (χ4v) is 4.41. The highest BCUT2D eigenvalue weighted by atomic mass is 16.5. The Labute approximate surface area is 233 Å². The number of aryl methyl sites for hydroxylation is 1. The van der Waals surface area contributed by atoms with Crippen LogP contribution in [0.25, 0.3) is 0 Å². The number of nitrogens with two attached hydrogens (primary N) is 2. The average Bonchev–Trinajstić information content (AvgIpc) is 2.89. The van der Waals surface area contributed by atoms with E-state index in [1.165, 1.54) is 18.2 Å². The van der Waals surface area contributed by atoms with Crippen LogP contribution in [-0.4, -0.2) is 61.0 Å². The molecule has 0 saturated carbocycles. The Kier molecular flexibility index (Phi) is 13.1. The maximum absolute atomic E-state index is 13.4. The molecule has 0 saturated heterocycles. The highest BCUT2D eigenvalue weighted by Crippen LogP contribution is 2.17. The maximum atomic E-state index is 13.4. The largest absolute Gasteiger partial charge is 0.456 e. The van der Waals surface area contributed by atoms with Crippen LogP contribution in [0.1, 0.15) is 89.2 Å². The number of nitrogens with one attached hydrogen (secondary N) is 1. The number of carbonyl (C=O) groups excluding carboxylic acids is 3. The van der Waals surface area contributed by atoms with Crippen LogP contribution >= 0.6 is 0 Å². The van der Waals surface area contributed by atoms with Crippen molar-refractivity contribution in [2.45, 2.75) is 72.4 Å². The first-order chi connectivity index (χ1) is 18.5. The number of ether oxygens (including phenoxy) is 1. The van der Waals surface area contributed by atoms with Crippen molar-refractivity contribution in [1.29, 1.82) is 0 Å². The van der Waals surface area contributed by atoms with Gasteiger partial charge in [-0.2, -0.15) is 0 Å². The topological polar surface area (TPSA) is 128 Å². The maximum Gasteiger partial charge on any atom is 0.338 e. The second-order valence-electron chi connectivity index (χ2n) is 10.6. The summed E-state index contributed by atoms with van der Waals surface area (Å²) >= 11 is 0. The molecule has 0 aliphatic carbocycles. The van der Waals surface area contributed by atoms with E-state index in [2.05, 4.69) is 25.2 Å². The van der Waals surface area contributed by atoms with Gasteiger partial charge in [0.1, 0.15) is 6.10 Å². The zero-order valence-electron chi connectivity index (χ0n) is 24.2. The minimum atomic E-state index is -0.723. The van der Waals surface area contributed by atoms with Crippen LogP contribution in [0.4, 0.5) is 0 Å². The van der Waals surface area contributed by atoms with Crippen molar-refractivity contribution in [1.82, 2.24) is 10.2 Å². The third kappa shape index (κ3) is 10.5. The zero-order chi connectivity index (χ0) is 28.9. The molecule has 5 N–H and O–H groups in total. The monoisotopic (exact) mass is 538 g/mol. The Morgan fingerprint density at radius 1 is 0.974 bits per heavy atom. The Morgan fingerprint density at radius 3 is 2.21 bits per heavy atom. The van der Waals surface area contributed by atoms with Gasteiger partial charge < -0.3 is 26.4 Å². The Bertz CT molecular complexity index is 1100. The molecule has 2 rings (SSSR count). The fourth-order valence-electron chi connectivity index (χ4n) is 4.41. The van der Waals surface area contributed by atoms with Crippen LogP contribution in [0, 0.1) is 12.8 Å². The lowest BCUT2D eigenvalue weighted by atomic mass is 10.00. The third-order valence-corrected chi connectivity index (χ3v) is 6.51. The molecule has 0 aliphatic heterocycles. The van der Waals surface area contributed by atoms with Gasteiger partial charge in [-0.1, -0.05) is 57.5 Å². The fraction of sp³-hybridized carbons (Fsp3) is 0.516. The van der Waals surface area contributed by atoms with Crippen LogP contribution in [0.15, 0.2) is 42.5 Å². The van der Waals surface area contributed by atoms with Gasteiger partial charge in [0.25, 0.3) is 5.91 Å². The molecule has 0 fully saturated rings. The first-order valence-electron chi connectivity index (χ1n) is 14.0. The lowest BCUT2D eigenvalue weighted by molar-refractivity contribution is 0.0238. The molecule has 2 atom stereocenters. The Balaban J connectivity index is 2.32. The lowest BCUT2D eigenvalue weighted by Gasteiger charge is -2.25. The summed E-state index contributed by atoms with van der Waals surface area (Å²) in [5.74, 6) is -1.09. The van der Waals surface area contributed by atoms with Gasteiger partial charge in [-0.15, -0.1) is 0 Å². The van der Waals surface area contributed by atoms with Gasteiger partial charge in [0, 0.05) is 36.8 Å². The molecule has 2 aromatic rings. The van der Waals surface area contributed by atoms with Gasteiger partial charge >= 0.3 is 5.97 Å². The first-order valence-corrected chi connectivity index (χ1v) is 14.0. The molecule has 0 aliphatic rings. The molecule has 39 heavy (non-hydrogen) atoms. The molecule has 0 spiro atoms. The molecule has 0 bridgehead atoms. The van der Waals surface area contributed by atoms with Gasteiger partial charge in [0.15, 0.2) is 0 Å². The van der Waals surface area contributed by atoms with Crippen molar-refractivity contribution in [2.75, 3.05) is 26.2 Å². The van der Waals surface area contributed by atoms with E-state index in [-0.39, 0.29) is 22.6 Å². The minimum Gasteiger partial charge on any atom is -0.456 e. The Morgan fingerprint density at radius 2 is 1.62 bits per heavy atom. The van der Waals surface area contributed by atoms with E-state index in [1.54, 1.807) is 4.90 Å². The molecule has 8 nitrogen and oxygen atoms in total. The molecule has 0 unspecified atom stereocenters. The number of hydrogen-bond donors (Lipinski definition) is 3. The molecule has 0 aromatic heterocycles. The number of primary amides is 1. The summed E-state index contributed by atoms with van der Waals surface area (Å²) < 4.78 is 5.93. The number of carbonyl (C=O) groups is 3. The van der Waals surface area contributed by atoms with Crippen LogP contribution in [0.3, 0.4) is 0 Å². The SMILES string of the molecule is CCCN(CCC)C(=O)c1cc(C(N)=O)cc(C(=O)O[C@H](CNCCC(C)C)[C@@H](N)Cc2cccc(C)c2)c1. The highest BCUT2D eigenvalue weighted by molar-refractivity contribution is 6.03. The van der Waals surface area contributed by atoms with E-state index in [4.69, 9.17) is 16.2 Å². The van der Waals surface area contributed by atoms with Gasteiger partial charge in [-0.05, 0) is 68.8 Å². The summed E-state index contributed by atoms with van der Waals surface area (Å²) in [6.07, 6.45) is 2.46. The molecular formula is C31H46N4O4. The molecule has 2 amide bonds. The summed E-state index contributed by atoms with van der Waals surface area (Å²) in [7, 11) is 0. The van der Waals surface area contributed by atoms with Gasteiger partial charge in [0.2, 0.25) is 5.91 Å². The zero-order valence-corrected chi connectivity index (χ0v) is 24.2. The van der Waals surface area contributed by atoms with E-state index in [0.717, 1.165) is 36.9 Å². The molecule has 8 heteroatoms. The van der Waals surface area contributed by atoms with Crippen LogP contribution in [0.5, 0.6) is 0 Å². The predicted molar refractivity (Wildman–Crippen MR) is 156 cm³/mol. The van der Waals surface area contributed by atoms with Crippen LogP contribution < -0.4 is 16.8 Å². The van der Waals surface area contributed by atoms with E-state index >= 15 is 0 Å². The lowest BCUT2D eigenvalue weighted by Crippen LogP contribution is -2.46. The Hall–Kier alpha value is -3.23. The second-order valence-corrected chi connectivity index (χ2v) is 10.6. The smallest absolute Gasteiger partial charge is 0.338 e. The van der Waals surface area contributed by atoms with Crippen molar-refractivity contribution in [2.24, 2.45) is 17.4 Å². The van der Waals surface area contributed by atoms with Crippen molar-refractivity contribution in [3.05, 3.63) is 70.3 Å². The summed E-state index contributed by atoms with van der Waals surface area (Å²) in [4.78, 5) is 40.4. The first kappa shape index (κ1) is 32.0. The number of nitrogens with zero attached hydrogens (tertiary/aromatic N) is 1. The summed E-state index contributed by atoms with van der Waals surface area (Å²) in [6, 6.07) is 11.9. The van der Waals surface area contributed by atoms with Crippen LogP contribution in [-0.2, 0) is 11.2 Å². The number of hydrogen-bond acceptors (Lipinski definition) is 6. The summed E-state index contributed by atoms with van der Waals surface area (Å²) in [6.45, 7) is 12.6. The molecule has 0 heterocycles. The van der Waals surface area contributed by atoms with Crippen LogP contribution in [0.2, 0.25) is 0 Å². The minimum absolute atomic E-state index is 0.0800. The molecule has 2 aromatic carbocycles. The quantitative estimate of drug-likeness (QED) is 0.218. The van der Waals surface area contributed by atoms with E-state index in [1.807, 2.05) is 39.0 Å². The summed E-state index contributed by atoms with van der Waals surface area (Å²) in [5.41, 5.74) is 14.7. The number of esters is 1. The molecule has 214 valence electrons. The summed E-state index contributed by atoms with van der Waals surface area (Å²) in [5, 5.41) is 3.36. The second kappa shape index (κ2) is 16.0. The molecule has 0 radical (unpaired) electrons. The predicted octanol–water partition coefficient (Wildman–Crippen LogP) is 4.09. The third-order valence-electron chi connectivity index (χ3n) is 6.51. The van der Waals surface area contributed by atoms with Crippen molar-refractivity contribution in [3.63, 3.8) is 0 Å². The van der Waals surface area contributed by atoms with E-state index < -0.39 is 24.0 Å². The van der Waals surface area contributed by atoms with Gasteiger partial charge in [-0.3, -0.25) is 9.59 Å². The average molecular weight is 539 g/mol. The van der Waals surface area contributed by atoms with E-state index in [9.17, 15) is 14.4 Å². The van der Waals surface area contributed by atoms with Gasteiger partial charge in [0.05, 0.1) is 5.56 Å². The van der Waals surface area contributed by atoms with Crippen molar-refractivity contribution >= 4 is 17.8 Å². The normalized spacial score (nSPS) is 12.7.